The van der Waals surface area contributed by atoms with Crippen LogP contribution in [0.4, 0.5) is 5.69 Å². The molecule has 0 bridgehead atoms. The maximum absolute atomic E-state index is 5.94. The van der Waals surface area contributed by atoms with E-state index in [2.05, 4.69) is 84.3 Å². The molecule has 1 saturated heterocycles. The first kappa shape index (κ1) is 20.4. The summed E-state index contributed by atoms with van der Waals surface area (Å²) in [6.07, 6.45) is 2.55. The zero-order valence-corrected chi connectivity index (χ0v) is 18.1. The van der Waals surface area contributed by atoms with Gasteiger partial charge in [-0.1, -0.05) is 62.4 Å². The average Bonchev–Trinajstić information content (AvgIpc) is 2.77. The van der Waals surface area contributed by atoms with Crippen molar-refractivity contribution in [1.29, 1.82) is 0 Å². The van der Waals surface area contributed by atoms with Crippen LogP contribution in [-0.2, 0) is 11.3 Å². The molecule has 1 heterocycles. The Morgan fingerprint density at radius 1 is 0.862 bits per heavy atom. The lowest BCUT2D eigenvalue weighted by Crippen LogP contribution is -2.54. The molecule has 0 amide bonds. The van der Waals surface area contributed by atoms with E-state index in [1.54, 1.807) is 0 Å². The molecule has 3 nitrogen and oxygen atoms in total. The van der Waals surface area contributed by atoms with E-state index in [0.717, 1.165) is 38.1 Å². The maximum Gasteiger partial charge on any atom is 0.0716 e. The molecule has 1 saturated carbocycles. The maximum atomic E-state index is 5.94. The quantitative estimate of drug-likeness (QED) is 0.583. The summed E-state index contributed by atoms with van der Waals surface area (Å²) in [7, 11) is 0. The molecule has 2 fully saturated rings. The number of ether oxygens (including phenoxy) is 1. The Bertz CT molecular complexity index is 738. The molecular formula is C26H36N2O. The highest BCUT2D eigenvalue weighted by atomic mass is 16.5. The predicted octanol–water partition coefficient (Wildman–Crippen LogP) is 5.08. The van der Waals surface area contributed by atoms with Crippen LogP contribution in [0, 0.1) is 17.3 Å². The Hall–Kier alpha value is -1.84. The van der Waals surface area contributed by atoms with Crippen LogP contribution in [0.5, 0.6) is 0 Å². The van der Waals surface area contributed by atoms with Gasteiger partial charge in [0.15, 0.2) is 0 Å². The summed E-state index contributed by atoms with van der Waals surface area (Å²) in [5.74, 6) is 1.62. The zero-order valence-electron chi connectivity index (χ0n) is 18.1. The van der Waals surface area contributed by atoms with Gasteiger partial charge in [-0.2, -0.15) is 0 Å². The fourth-order valence-electron chi connectivity index (χ4n) is 5.05. The van der Waals surface area contributed by atoms with Crippen molar-refractivity contribution >= 4 is 5.69 Å². The van der Waals surface area contributed by atoms with Gasteiger partial charge in [-0.3, -0.25) is 4.90 Å². The average molecular weight is 393 g/mol. The van der Waals surface area contributed by atoms with Crippen molar-refractivity contribution < 1.29 is 4.74 Å². The van der Waals surface area contributed by atoms with E-state index in [-0.39, 0.29) is 0 Å². The van der Waals surface area contributed by atoms with Crippen LogP contribution in [0.15, 0.2) is 60.7 Å². The van der Waals surface area contributed by atoms with Crippen molar-refractivity contribution in [1.82, 2.24) is 4.90 Å². The molecule has 0 aromatic heterocycles. The second-order valence-electron chi connectivity index (χ2n) is 9.40. The summed E-state index contributed by atoms with van der Waals surface area (Å²) in [4.78, 5) is 5.21. The second-order valence-corrected chi connectivity index (χ2v) is 9.40. The Kier molecular flexibility index (Phi) is 6.56. The van der Waals surface area contributed by atoms with Crippen molar-refractivity contribution in [2.45, 2.75) is 33.3 Å². The molecule has 3 heteroatoms. The van der Waals surface area contributed by atoms with Crippen LogP contribution in [0.25, 0.3) is 0 Å². The van der Waals surface area contributed by atoms with Gasteiger partial charge in [-0.25, -0.2) is 0 Å². The summed E-state index contributed by atoms with van der Waals surface area (Å²) >= 11 is 0. The lowest BCUT2D eigenvalue weighted by Gasteiger charge is -2.54. The summed E-state index contributed by atoms with van der Waals surface area (Å²) in [5.41, 5.74) is 3.08. The van der Waals surface area contributed by atoms with Crippen LogP contribution < -0.4 is 4.90 Å². The largest absolute Gasteiger partial charge is 0.377 e. The number of hydrogen-bond acceptors (Lipinski definition) is 3. The van der Waals surface area contributed by atoms with E-state index in [4.69, 9.17) is 4.74 Å². The minimum absolute atomic E-state index is 0.437. The van der Waals surface area contributed by atoms with Crippen molar-refractivity contribution in [2.75, 3.05) is 44.2 Å². The predicted molar refractivity (Wildman–Crippen MR) is 121 cm³/mol. The van der Waals surface area contributed by atoms with Gasteiger partial charge in [0.05, 0.1) is 6.61 Å². The number of hydrogen-bond donors (Lipinski definition) is 0. The van der Waals surface area contributed by atoms with Crippen molar-refractivity contribution in [3.8, 4) is 0 Å². The molecule has 2 aliphatic rings. The van der Waals surface area contributed by atoms with Gasteiger partial charge in [-0.15, -0.1) is 0 Å². The number of anilines is 1. The molecule has 4 rings (SSSR count). The number of para-hydroxylation sites is 1. The van der Waals surface area contributed by atoms with Crippen LogP contribution >= 0.6 is 0 Å². The van der Waals surface area contributed by atoms with Crippen molar-refractivity contribution in [3.05, 3.63) is 66.2 Å². The highest BCUT2D eigenvalue weighted by Crippen LogP contribution is 2.53. The molecular weight excluding hydrogens is 356 g/mol. The van der Waals surface area contributed by atoms with E-state index >= 15 is 0 Å². The lowest BCUT2D eigenvalue weighted by atomic mass is 9.53. The van der Waals surface area contributed by atoms with Gasteiger partial charge < -0.3 is 9.64 Å². The molecule has 0 spiro atoms. The minimum Gasteiger partial charge on any atom is -0.377 e. The molecule has 0 radical (unpaired) electrons. The first-order valence-corrected chi connectivity index (χ1v) is 11.3. The molecule has 1 unspecified atom stereocenters. The number of nitrogens with zero attached hydrogens (tertiary/aromatic N) is 2. The van der Waals surface area contributed by atoms with E-state index in [1.807, 2.05) is 0 Å². The van der Waals surface area contributed by atoms with Gasteiger partial charge in [0.25, 0.3) is 0 Å². The molecule has 2 aromatic carbocycles. The third kappa shape index (κ3) is 5.02. The Labute approximate surface area is 176 Å². The SMILES string of the molecule is CC1(C)C(CN2CCN(c3ccccc3)CC2)C[C@@H]1CCOCc1ccccc1. The first-order valence-electron chi connectivity index (χ1n) is 11.3. The smallest absolute Gasteiger partial charge is 0.0716 e. The Balaban J connectivity index is 1.16. The molecule has 2 aromatic rings. The molecule has 1 aliphatic heterocycles. The van der Waals surface area contributed by atoms with E-state index in [0.29, 0.717) is 5.41 Å². The third-order valence-electron chi connectivity index (χ3n) is 7.37. The van der Waals surface area contributed by atoms with Gasteiger partial charge in [0.1, 0.15) is 0 Å². The van der Waals surface area contributed by atoms with Crippen LogP contribution in [0.1, 0.15) is 32.3 Å². The number of piperazine rings is 1. The molecule has 0 N–H and O–H groups in total. The van der Waals surface area contributed by atoms with Gasteiger partial charge in [0, 0.05) is 45.0 Å². The molecule has 2 atom stereocenters. The van der Waals surface area contributed by atoms with Crippen LogP contribution in [0.3, 0.4) is 0 Å². The van der Waals surface area contributed by atoms with Crippen LogP contribution in [0.2, 0.25) is 0 Å². The van der Waals surface area contributed by atoms with Crippen molar-refractivity contribution in [3.63, 3.8) is 0 Å². The highest BCUT2D eigenvalue weighted by Gasteiger charge is 2.47. The number of benzene rings is 2. The fraction of sp³-hybridized carbons (Fsp3) is 0.538. The van der Waals surface area contributed by atoms with Gasteiger partial charge >= 0.3 is 0 Å². The monoisotopic (exact) mass is 392 g/mol. The third-order valence-corrected chi connectivity index (χ3v) is 7.37. The summed E-state index contributed by atoms with van der Waals surface area (Å²) in [5, 5.41) is 0. The fourth-order valence-corrected chi connectivity index (χ4v) is 5.05. The van der Waals surface area contributed by atoms with Crippen molar-refractivity contribution in [2.24, 2.45) is 17.3 Å². The molecule has 1 aliphatic carbocycles. The van der Waals surface area contributed by atoms with Gasteiger partial charge in [0.2, 0.25) is 0 Å². The van der Waals surface area contributed by atoms with E-state index < -0.39 is 0 Å². The normalized spacial score (nSPS) is 24.3. The lowest BCUT2D eigenvalue weighted by molar-refractivity contribution is -0.0577. The highest BCUT2D eigenvalue weighted by molar-refractivity contribution is 5.46. The van der Waals surface area contributed by atoms with Crippen LogP contribution in [-0.4, -0.2) is 44.2 Å². The first-order chi connectivity index (χ1) is 14.1. The van der Waals surface area contributed by atoms with E-state index in [9.17, 15) is 0 Å². The topological polar surface area (TPSA) is 15.7 Å². The summed E-state index contributed by atoms with van der Waals surface area (Å²) in [6.45, 7) is 12.5. The van der Waals surface area contributed by atoms with Gasteiger partial charge in [-0.05, 0) is 47.8 Å². The molecule has 29 heavy (non-hydrogen) atoms. The minimum atomic E-state index is 0.437. The Morgan fingerprint density at radius 3 is 2.17 bits per heavy atom. The molecule has 156 valence electrons. The second kappa shape index (κ2) is 9.32. The summed E-state index contributed by atoms with van der Waals surface area (Å²) < 4.78 is 5.94. The number of rotatable bonds is 8. The standard InChI is InChI=1S/C26H36N2O/c1-26(2)23(13-18-29-21-22-9-5-3-6-10-22)19-24(26)20-27-14-16-28(17-15-27)25-11-7-4-8-12-25/h3-12,23-24H,13-21H2,1-2H3/t23-,24?/m0/s1. The summed E-state index contributed by atoms with van der Waals surface area (Å²) in [6, 6.07) is 21.3. The zero-order chi connectivity index (χ0) is 20.1. The van der Waals surface area contributed by atoms with E-state index in [1.165, 1.54) is 43.7 Å². The Morgan fingerprint density at radius 2 is 1.52 bits per heavy atom.